The Morgan fingerprint density at radius 3 is 2.67 bits per heavy atom. The first-order valence-electron chi connectivity index (χ1n) is 8.53. The second-order valence-corrected chi connectivity index (χ2v) is 6.52. The number of carbonyl (C=O) groups is 1. The number of nitrogens with zero attached hydrogens (tertiary/aromatic N) is 3. The Morgan fingerprint density at radius 1 is 1.08 bits per heavy atom. The van der Waals surface area contributed by atoms with Crippen molar-refractivity contribution in [3.05, 3.63) is 72.1 Å². The topological polar surface area (TPSA) is 37.6 Å². The van der Waals surface area contributed by atoms with Crippen LogP contribution in [0.3, 0.4) is 0 Å². The van der Waals surface area contributed by atoms with Crippen molar-refractivity contribution in [2.24, 2.45) is 5.92 Å². The minimum atomic E-state index is 0.141. The summed E-state index contributed by atoms with van der Waals surface area (Å²) < 4.78 is 1.79. The van der Waals surface area contributed by atoms with Gasteiger partial charge in [0.05, 0.1) is 5.52 Å². The number of piperidine rings is 1. The highest BCUT2D eigenvalue weighted by Gasteiger charge is 2.26. The van der Waals surface area contributed by atoms with Crippen molar-refractivity contribution in [2.75, 3.05) is 13.1 Å². The summed E-state index contributed by atoms with van der Waals surface area (Å²) in [5, 5.41) is 4.18. The third-order valence-electron chi connectivity index (χ3n) is 4.89. The number of likely N-dealkylation sites (tertiary alicyclic amines) is 1. The molecule has 4 rings (SSSR count). The molecule has 3 aromatic rings. The maximum absolute atomic E-state index is 12.8. The number of hydrogen-bond donors (Lipinski definition) is 0. The van der Waals surface area contributed by atoms with Crippen LogP contribution >= 0.6 is 0 Å². The van der Waals surface area contributed by atoms with Gasteiger partial charge in [-0.15, -0.1) is 0 Å². The number of aromatic nitrogens is 2. The Kier molecular flexibility index (Phi) is 4.13. The van der Waals surface area contributed by atoms with E-state index in [0.29, 0.717) is 0 Å². The highest BCUT2D eigenvalue weighted by atomic mass is 16.1. The van der Waals surface area contributed by atoms with Crippen molar-refractivity contribution in [1.29, 1.82) is 0 Å². The van der Waals surface area contributed by atoms with E-state index in [1.807, 2.05) is 30.5 Å². The molecule has 0 radical (unpaired) electrons. The molecule has 0 aliphatic carbocycles. The molecule has 122 valence electrons. The van der Waals surface area contributed by atoms with Gasteiger partial charge in [0.1, 0.15) is 0 Å². The van der Waals surface area contributed by atoms with E-state index in [9.17, 15) is 4.79 Å². The highest BCUT2D eigenvalue weighted by Crippen LogP contribution is 2.23. The Morgan fingerprint density at radius 2 is 1.88 bits per heavy atom. The van der Waals surface area contributed by atoms with Crippen LogP contribution in [0.4, 0.5) is 0 Å². The zero-order valence-corrected chi connectivity index (χ0v) is 13.6. The SMILES string of the molecule is O=C(c1ccn2nccc2c1)C1CCN(Cc2ccccc2)CC1. The molecule has 0 spiro atoms. The van der Waals surface area contributed by atoms with E-state index in [1.165, 1.54) is 5.56 Å². The van der Waals surface area contributed by atoms with Crippen LogP contribution in [0, 0.1) is 5.92 Å². The average Bonchev–Trinajstić information content (AvgIpc) is 3.10. The lowest BCUT2D eigenvalue weighted by Gasteiger charge is -2.31. The molecule has 1 aromatic carbocycles. The number of fused-ring (bicyclic) bond motifs is 1. The van der Waals surface area contributed by atoms with Gasteiger partial charge in [0, 0.05) is 30.4 Å². The van der Waals surface area contributed by atoms with E-state index in [0.717, 1.165) is 43.6 Å². The van der Waals surface area contributed by atoms with Gasteiger partial charge in [0.15, 0.2) is 5.78 Å². The van der Waals surface area contributed by atoms with Gasteiger partial charge in [-0.3, -0.25) is 9.69 Å². The zero-order valence-electron chi connectivity index (χ0n) is 13.6. The summed E-state index contributed by atoms with van der Waals surface area (Å²) in [5.74, 6) is 0.417. The van der Waals surface area contributed by atoms with E-state index in [4.69, 9.17) is 0 Å². The Bertz CT molecular complexity index is 832. The molecule has 2 aromatic heterocycles. The van der Waals surface area contributed by atoms with Gasteiger partial charge in [-0.05, 0) is 49.7 Å². The molecule has 4 nitrogen and oxygen atoms in total. The third kappa shape index (κ3) is 3.10. The van der Waals surface area contributed by atoms with Crippen LogP contribution < -0.4 is 0 Å². The number of rotatable bonds is 4. The van der Waals surface area contributed by atoms with E-state index < -0.39 is 0 Å². The number of carbonyl (C=O) groups excluding carboxylic acids is 1. The van der Waals surface area contributed by atoms with Gasteiger partial charge in [0.25, 0.3) is 0 Å². The van der Waals surface area contributed by atoms with Crippen LogP contribution in [0.2, 0.25) is 0 Å². The summed E-state index contributed by atoms with van der Waals surface area (Å²) in [6.07, 6.45) is 5.50. The summed E-state index contributed by atoms with van der Waals surface area (Å²) in [7, 11) is 0. The van der Waals surface area contributed by atoms with Gasteiger partial charge in [-0.2, -0.15) is 5.10 Å². The second-order valence-electron chi connectivity index (χ2n) is 6.52. The third-order valence-corrected chi connectivity index (χ3v) is 4.89. The molecule has 1 aliphatic heterocycles. The van der Waals surface area contributed by atoms with Crippen molar-refractivity contribution < 1.29 is 4.79 Å². The van der Waals surface area contributed by atoms with Gasteiger partial charge in [-0.25, -0.2) is 4.52 Å². The number of Topliss-reactive ketones (excluding diaryl/α,β-unsaturated/α-hetero) is 1. The van der Waals surface area contributed by atoms with Crippen LogP contribution in [-0.4, -0.2) is 33.4 Å². The molecule has 1 fully saturated rings. The smallest absolute Gasteiger partial charge is 0.166 e. The molecule has 1 aliphatic rings. The van der Waals surface area contributed by atoms with E-state index in [2.05, 4.69) is 34.3 Å². The first-order chi connectivity index (χ1) is 11.8. The summed E-state index contributed by atoms with van der Waals surface area (Å²) in [5.41, 5.74) is 3.13. The fourth-order valence-electron chi connectivity index (χ4n) is 3.51. The summed E-state index contributed by atoms with van der Waals surface area (Å²) in [6, 6.07) is 16.3. The number of ketones is 1. The summed E-state index contributed by atoms with van der Waals surface area (Å²) in [6.45, 7) is 2.95. The summed E-state index contributed by atoms with van der Waals surface area (Å²) >= 11 is 0. The Balaban J connectivity index is 1.39. The van der Waals surface area contributed by atoms with Gasteiger partial charge < -0.3 is 0 Å². The molecule has 0 bridgehead atoms. The molecule has 0 N–H and O–H groups in total. The van der Waals surface area contributed by atoms with E-state index in [1.54, 1.807) is 10.7 Å². The van der Waals surface area contributed by atoms with Crippen LogP contribution in [-0.2, 0) is 6.54 Å². The molecular weight excluding hydrogens is 298 g/mol. The lowest BCUT2D eigenvalue weighted by Crippen LogP contribution is -2.35. The highest BCUT2D eigenvalue weighted by molar-refractivity contribution is 5.98. The molecule has 24 heavy (non-hydrogen) atoms. The quantitative estimate of drug-likeness (QED) is 0.692. The van der Waals surface area contributed by atoms with Crippen molar-refractivity contribution in [2.45, 2.75) is 19.4 Å². The van der Waals surface area contributed by atoms with Crippen molar-refractivity contribution in [3.8, 4) is 0 Å². The molecule has 0 unspecified atom stereocenters. The molecule has 0 saturated carbocycles. The standard InChI is InChI=1S/C20H21N3O/c24-20(18-9-13-23-19(14-18)6-10-21-23)17-7-11-22(12-8-17)15-16-4-2-1-3-5-16/h1-6,9-10,13-14,17H,7-8,11-12,15H2. The predicted octanol–water partition coefficient (Wildman–Crippen LogP) is 3.43. The van der Waals surface area contributed by atoms with E-state index in [-0.39, 0.29) is 11.7 Å². The Hall–Kier alpha value is -2.46. The monoisotopic (exact) mass is 319 g/mol. The molecule has 1 saturated heterocycles. The maximum atomic E-state index is 12.8. The van der Waals surface area contributed by atoms with Crippen LogP contribution in [0.25, 0.3) is 5.52 Å². The van der Waals surface area contributed by atoms with Crippen molar-refractivity contribution >= 4 is 11.3 Å². The van der Waals surface area contributed by atoms with Gasteiger partial charge in [-0.1, -0.05) is 30.3 Å². The fourth-order valence-corrected chi connectivity index (χ4v) is 3.51. The normalized spacial score (nSPS) is 16.5. The molecule has 3 heterocycles. The summed E-state index contributed by atoms with van der Waals surface area (Å²) in [4.78, 5) is 15.2. The first-order valence-corrected chi connectivity index (χ1v) is 8.53. The minimum Gasteiger partial charge on any atom is -0.299 e. The lowest BCUT2D eigenvalue weighted by molar-refractivity contribution is 0.0835. The van der Waals surface area contributed by atoms with Crippen LogP contribution in [0.1, 0.15) is 28.8 Å². The average molecular weight is 319 g/mol. The van der Waals surface area contributed by atoms with Crippen molar-refractivity contribution in [1.82, 2.24) is 14.5 Å². The molecule has 4 heteroatoms. The van der Waals surface area contributed by atoms with Crippen LogP contribution in [0.15, 0.2) is 60.9 Å². The molecule has 0 atom stereocenters. The maximum Gasteiger partial charge on any atom is 0.166 e. The van der Waals surface area contributed by atoms with Gasteiger partial charge >= 0.3 is 0 Å². The number of hydrogen-bond acceptors (Lipinski definition) is 3. The largest absolute Gasteiger partial charge is 0.299 e. The first kappa shape index (κ1) is 15.1. The fraction of sp³-hybridized carbons (Fsp3) is 0.300. The number of benzene rings is 1. The van der Waals surface area contributed by atoms with E-state index >= 15 is 0 Å². The second kappa shape index (κ2) is 6.57. The Labute approximate surface area is 141 Å². The number of pyridine rings is 1. The minimum absolute atomic E-state index is 0.141. The van der Waals surface area contributed by atoms with Gasteiger partial charge in [0.2, 0.25) is 0 Å². The molecular formula is C20H21N3O. The lowest BCUT2D eigenvalue weighted by atomic mass is 9.89. The van der Waals surface area contributed by atoms with Crippen molar-refractivity contribution in [3.63, 3.8) is 0 Å². The zero-order chi connectivity index (χ0) is 16.4. The predicted molar refractivity (Wildman–Crippen MR) is 94.0 cm³/mol. The van der Waals surface area contributed by atoms with Crippen LogP contribution in [0.5, 0.6) is 0 Å². The molecule has 0 amide bonds.